The fourth-order valence-electron chi connectivity index (χ4n) is 3.29. The SMILES string of the molecule is Cc1cccc(N2C(N3CCOCC3)=NC(N)=NC2Nc2ccc(F)cc2)c1. The quantitative estimate of drug-likeness (QED) is 0.852. The minimum absolute atomic E-state index is 0.199. The number of ether oxygens (including phenoxy) is 1. The van der Waals surface area contributed by atoms with Gasteiger partial charge in [-0.2, -0.15) is 4.99 Å². The fourth-order valence-corrected chi connectivity index (χ4v) is 3.29. The van der Waals surface area contributed by atoms with E-state index in [1.165, 1.54) is 12.1 Å². The van der Waals surface area contributed by atoms with E-state index in [2.05, 4.69) is 26.3 Å². The van der Waals surface area contributed by atoms with E-state index in [9.17, 15) is 4.39 Å². The Balaban J connectivity index is 1.72. The van der Waals surface area contributed by atoms with Crippen molar-refractivity contribution in [2.45, 2.75) is 13.2 Å². The minimum atomic E-state index is -0.511. The maximum absolute atomic E-state index is 13.3. The summed E-state index contributed by atoms with van der Waals surface area (Å²) < 4.78 is 18.8. The van der Waals surface area contributed by atoms with Crippen LogP contribution in [0.25, 0.3) is 0 Å². The van der Waals surface area contributed by atoms with Crippen LogP contribution in [-0.4, -0.2) is 49.4 Å². The molecule has 1 fully saturated rings. The Morgan fingerprint density at radius 2 is 1.89 bits per heavy atom. The Morgan fingerprint density at radius 1 is 1.14 bits per heavy atom. The molecule has 28 heavy (non-hydrogen) atoms. The van der Waals surface area contributed by atoms with Gasteiger partial charge in [-0.15, -0.1) is 0 Å². The van der Waals surface area contributed by atoms with Crippen molar-refractivity contribution in [1.82, 2.24) is 4.90 Å². The molecule has 1 unspecified atom stereocenters. The third-order valence-corrected chi connectivity index (χ3v) is 4.64. The third-order valence-electron chi connectivity index (χ3n) is 4.64. The summed E-state index contributed by atoms with van der Waals surface area (Å²) in [6.45, 7) is 4.75. The van der Waals surface area contributed by atoms with Crippen LogP contribution >= 0.6 is 0 Å². The van der Waals surface area contributed by atoms with E-state index in [1.807, 2.05) is 30.0 Å². The van der Waals surface area contributed by atoms with Crippen molar-refractivity contribution in [2.24, 2.45) is 15.7 Å². The van der Waals surface area contributed by atoms with Crippen molar-refractivity contribution in [2.75, 3.05) is 36.5 Å². The number of anilines is 2. The largest absolute Gasteiger partial charge is 0.378 e. The monoisotopic (exact) mass is 382 g/mol. The molecule has 2 aliphatic heterocycles. The van der Waals surface area contributed by atoms with Gasteiger partial charge in [0.1, 0.15) is 5.82 Å². The molecule has 0 saturated carbocycles. The van der Waals surface area contributed by atoms with Crippen molar-refractivity contribution in [3.8, 4) is 0 Å². The van der Waals surface area contributed by atoms with Gasteiger partial charge in [-0.1, -0.05) is 12.1 Å². The molecule has 4 rings (SSSR count). The number of morpholine rings is 1. The molecule has 7 nitrogen and oxygen atoms in total. The lowest BCUT2D eigenvalue weighted by Crippen LogP contribution is -2.57. The van der Waals surface area contributed by atoms with Crippen LogP contribution in [0.3, 0.4) is 0 Å². The number of aliphatic imine (C=N–C) groups is 2. The molecule has 1 saturated heterocycles. The summed E-state index contributed by atoms with van der Waals surface area (Å²) in [7, 11) is 0. The second-order valence-electron chi connectivity index (χ2n) is 6.73. The zero-order valence-electron chi connectivity index (χ0n) is 15.7. The number of nitrogens with zero attached hydrogens (tertiary/aromatic N) is 4. The third kappa shape index (κ3) is 3.91. The number of rotatable bonds is 3. The zero-order valence-corrected chi connectivity index (χ0v) is 15.7. The highest BCUT2D eigenvalue weighted by Crippen LogP contribution is 2.25. The van der Waals surface area contributed by atoms with E-state index in [4.69, 9.17) is 10.5 Å². The number of guanidine groups is 2. The van der Waals surface area contributed by atoms with Gasteiger partial charge in [-0.25, -0.2) is 9.38 Å². The summed E-state index contributed by atoms with van der Waals surface area (Å²) in [5, 5.41) is 3.33. The van der Waals surface area contributed by atoms with Gasteiger partial charge in [-0.3, -0.25) is 4.90 Å². The van der Waals surface area contributed by atoms with Gasteiger partial charge in [-0.05, 0) is 48.9 Å². The van der Waals surface area contributed by atoms with Crippen LogP contribution in [0.15, 0.2) is 58.5 Å². The number of nitrogens with one attached hydrogen (secondary N) is 1. The van der Waals surface area contributed by atoms with E-state index in [0.29, 0.717) is 13.2 Å². The second kappa shape index (κ2) is 7.85. The summed E-state index contributed by atoms with van der Waals surface area (Å²) in [6.07, 6.45) is -0.511. The molecular weight excluding hydrogens is 359 g/mol. The maximum Gasteiger partial charge on any atom is 0.222 e. The molecular formula is C20H23FN6O. The molecule has 0 amide bonds. The van der Waals surface area contributed by atoms with Crippen LogP contribution in [0.2, 0.25) is 0 Å². The van der Waals surface area contributed by atoms with E-state index >= 15 is 0 Å². The van der Waals surface area contributed by atoms with Crippen molar-refractivity contribution >= 4 is 23.3 Å². The highest BCUT2D eigenvalue weighted by atomic mass is 19.1. The molecule has 3 N–H and O–H groups in total. The van der Waals surface area contributed by atoms with Crippen molar-refractivity contribution in [3.63, 3.8) is 0 Å². The Morgan fingerprint density at radius 3 is 2.61 bits per heavy atom. The highest BCUT2D eigenvalue weighted by molar-refractivity contribution is 6.06. The molecule has 2 aromatic rings. The maximum atomic E-state index is 13.3. The first-order chi connectivity index (χ1) is 13.6. The standard InChI is InChI=1S/C20H23FN6O/c1-14-3-2-4-17(13-14)27-19(23-16-7-5-15(21)6-8-16)24-18(22)25-20(27)26-9-11-28-12-10-26/h2-8,13,19,23H,9-12H2,1H3,(H2,22,24). The molecule has 146 valence electrons. The minimum Gasteiger partial charge on any atom is -0.378 e. The van der Waals surface area contributed by atoms with E-state index in [1.54, 1.807) is 12.1 Å². The molecule has 0 aliphatic carbocycles. The normalized spacial score (nSPS) is 19.9. The molecule has 2 heterocycles. The van der Waals surface area contributed by atoms with Gasteiger partial charge >= 0.3 is 0 Å². The second-order valence-corrected chi connectivity index (χ2v) is 6.73. The van der Waals surface area contributed by atoms with Crippen LogP contribution < -0.4 is 16.0 Å². The molecule has 0 radical (unpaired) electrons. The Labute approximate surface area is 163 Å². The van der Waals surface area contributed by atoms with Gasteiger partial charge in [0.15, 0.2) is 0 Å². The number of hydrogen-bond donors (Lipinski definition) is 2. The average Bonchev–Trinajstić information content (AvgIpc) is 2.70. The summed E-state index contributed by atoms with van der Waals surface area (Å²) >= 11 is 0. The summed E-state index contributed by atoms with van der Waals surface area (Å²) in [4.78, 5) is 13.2. The van der Waals surface area contributed by atoms with E-state index < -0.39 is 6.29 Å². The van der Waals surface area contributed by atoms with Crippen LogP contribution in [0, 0.1) is 12.7 Å². The van der Waals surface area contributed by atoms with Crippen LogP contribution in [0.4, 0.5) is 15.8 Å². The predicted molar refractivity (Wildman–Crippen MR) is 109 cm³/mol. The summed E-state index contributed by atoms with van der Waals surface area (Å²) in [5.74, 6) is 0.634. The lowest BCUT2D eigenvalue weighted by Gasteiger charge is -2.41. The van der Waals surface area contributed by atoms with Crippen LogP contribution in [0.5, 0.6) is 0 Å². The van der Waals surface area contributed by atoms with Gasteiger partial charge in [0.2, 0.25) is 18.2 Å². The van der Waals surface area contributed by atoms with Crippen LogP contribution in [-0.2, 0) is 4.74 Å². The molecule has 2 aliphatic rings. The molecule has 8 heteroatoms. The molecule has 0 aromatic heterocycles. The number of aryl methyl sites for hydroxylation is 1. The van der Waals surface area contributed by atoms with Gasteiger partial charge < -0.3 is 20.7 Å². The fraction of sp³-hybridized carbons (Fsp3) is 0.300. The summed E-state index contributed by atoms with van der Waals surface area (Å²) in [6, 6.07) is 14.3. The Kier molecular flexibility index (Phi) is 5.12. The Hall–Kier alpha value is -3.13. The van der Waals surface area contributed by atoms with Crippen molar-refractivity contribution < 1.29 is 9.13 Å². The number of hydrogen-bond acceptors (Lipinski definition) is 7. The smallest absolute Gasteiger partial charge is 0.222 e. The van der Waals surface area contributed by atoms with E-state index in [-0.39, 0.29) is 11.8 Å². The molecule has 0 spiro atoms. The number of halogens is 1. The van der Waals surface area contributed by atoms with Crippen molar-refractivity contribution in [3.05, 3.63) is 59.9 Å². The first-order valence-electron chi connectivity index (χ1n) is 9.23. The molecule has 1 atom stereocenters. The Bertz CT molecular complexity index is 892. The lowest BCUT2D eigenvalue weighted by molar-refractivity contribution is 0.0671. The van der Waals surface area contributed by atoms with Crippen LogP contribution in [0.1, 0.15) is 5.56 Å². The average molecular weight is 382 g/mol. The first kappa shape index (κ1) is 18.2. The van der Waals surface area contributed by atoms with Gasteiger partial charge in [0, 0.05) is 24.5 Å². The predicted octanol–water partition coefficient (Wildman–Crippen LogP) is 2.35. The molecule has 0 bridgehead atoms. The van der Waals surface area contributed by atoms with Gasteiger partial charge in [0.05, 0.1) is 13.2 Å². The van der Waals surface area contributed by atoms with Crippen molar-refractivity contribution in [1.29, 1.82) is 0 Å². The first-order valence-corrected chi connectivity index (χ1v) is 9.23. The lowest BCUT2D eigenvalue weighted by atomic mass is 10.2. The summed E-state index contributed by atoms with van der Waals surface area (Å²) in [5.41, 5.74) is 8.86. The molecule has 2 aromatic carbocycles. The highest BCUT2D eigenvalue weighted by Gasteiger charge is 2.32. The topological polar surface area (TPSA) is 78.5 Å². The number of nitrogens with two attached hydrogens (primary N) is 1. The number of benzene rings is 2. The van der Waals surface area contributed by atoms with E-state index in [0.717, 1.165) is 36.0 Å². The van der Waals surface area contributed by atoms with Gasteiger partial charge in [0.25, 0.3) is 0 Å². The zero-order chi connectivity index (χ0) is 19.5.